The van der Waals surface area contributed by atoms with Crippen molar-refractivity contribution in [1.82, 2.24) is 35.4 Å². The van der Waals surface area contributed by atoms with Crippen LogP contribution in [0.1, 0.15) is 37.2 Å². The highest BCUT2D eigenvalue weighted by Crippen LogP contribution is 2.14. The van der Waals surface area contributed by atoms with Gasteiger partial charge in [-0.15, -0.1) is 0 Å². The minimum Gasteiger partial charge on any atom is -0.377 e. The predicted octanol–water partition coefficient (Wildman–Crippen LogP) is 1.80. The number of methoxy groups -OCH3 is 1. The Hall–Kier alpha value is -2.94. The highest BCUT2D eigenvalue weighted by molar-refractivity contribution is 5.80. The minimum atomic E-state index is 0.280. The van der Waals surface area contributed by atoms with Gasteiger partial charge in [-0.25, -0.2) is 14.6 Å². The van der Waals surface area contributed by atoms with E-state index in [0.717, 1.165) is 79.8 Å². The third-order valence-corrected chi connectivity index (χ3v) is 5.14. The van der Waals surface area contributed by atoms with Crippen LogP contribution in [0.15, 0.2) is 29.3 Å². The number of aryl methyl sites for hydroxylation is 2. The fraction of sp³-hybridized carbons (Fsp3) is 0.524. The predicted molar refractivity (Wildman–Crippen MR) is 116 cm³/mol. The standard InChI is InChI=1S/C21H30N8O/c1-3-22-21(23-12-6-9-18-25-16-7-4-5-8-17(16)26-18)24-15-10-11-20-27-19(14-30-2)28-29(20)13-15/h4-5,7-8,15H,3,6,9-14H2,1-2H3,(H,25,26)(H2,22,23,24). The molecule has 0 spiro atoms. The van der Waals surface area contributed by atoms with E-state index in [4.69, 9.17) is 9.73 Å². The molecule has 3 heterocycles. The Bertz CT molecular complexity index is 959. The molecule has 0 fully saturated rings. The van der Waals surface area contributed by atoms with Gasteiger partial charge in [-0.3, -0.25) is 4.99 Å². The van der Waals surface area contributed by atoms with Crippen molar-refractivity contribution in [2.24, 2.45) is 4.99 Å². The molecule has 0 saturated carbocycles. The van der Waals surface area contributed by atoms with Crippen LogP contribution in [0.25, 0.3) is 11.0 Å². The molecule has 1 aliphatic heterocycles. The van der Waals surface area contributed by atoms with Crippen LogP contribution < -0.4 is 10.6 Å². The minimum absolute atomic E-state index is 0.280. The lowest BCUT2D eigenvalue weighted by Crippen LogP contribution is -2.47. The summed E-state index contributed by atoms with van der Waals surface area (Å²) in [5.74, 6) is 3.65. The number of rotatable bonds is 8. The Morgan fingerprint density at radius 1 is 1.33 bits per heavy atom. The van der Waals surface area contributed by atoms with Crippen LogP contribution in [0.4, 0.5) is 0 Å². The fourth-order valence-electron chi connectivity index (χ4n) is 3.74. The van der Waals surface area contributed by atoms with Gasteiger partial charge >= 0.3 is 0 Å². The smallest absolute Gasteiger partial charge is 0.191 e. The fourth-order valence-corrected chi connectivity index (χ4v) is 3.74. The Labute approximate surface area is 176 Å². The Morgan fingerprint density at radius 2 is 2.23 bits per heavy atom. The lowest BCUT2D eigenvalue weighted by atomic mass is 10.1. The van der Waals surface area contributed by atoms with Crippen molar-refractivity contribution in [2.45, 2.75) is 51.8 Å². The average Bonchev–Trinajstić information content (AvgIpc) is 3.34. The number of benzene rings is 1. The summed E-state index contributed by atoms with van der Waals surface area (Å²) in [6, 6.07) is 8.40. The number of hydrogen-bond donors (Lipinski definition) is 3. The molecule has 0 aliphatic carbocycles. The second-order valence-corrected chi connectivity index (χ2v) is 7.50. The van der Waals surface area contributed by atoms with Crippen molar-refractivity contribution in [1.29, 1.82) is 0 Å². The second kappa shape index (κ2) is 9.71. The molecule has 0 amide bonds. The van der Waals surface area contributed by atoms with Crippen LogP contribution in [0.5, 0.6) is 0 Å². The van der Waals surface area contributed by atoms with E-state index in [2.05, 4.69) is 43.7 Å². The SMILES string of the molecule is CCNC(=NCCCc1nc2ccccc2[nH]1)NC1CCc2nc(COC)nn2C1. The van der Waals surface area contributed by atoms with Crippen molar-refractivity contribution >= 4 is 17.0 Å². The zero-order chi connectivity index (χ0) is 20.8. The highest BCUT2D eigenvalue weighted by atomic mass is 16.5. The number of imidazole rings is 1. The molecule has 0 saturated heterocycles. The van der Waals surface area contributed by atoms with Crippen molar-refractivity contribution in [3.05, 3.63) is 41.7 Å². The van der Waals surface area contributed by atoms with E-state index in [0.29, 0.717) is 6.61 Å². The van der Waals surface area contributed by atoms with E-state index in [9.17, 15) is 0 Å². The molecule has 0 bridgehead atoms. The van der Waals surface area contributed by atoms with Crippen molar-refractivity contribution in [3.63, 3.8) is 0 Å². The van der Waals surface area contributed by atoms with Gasteiger partial charge < -0.3 is 20.4 Å². The van der Waals surface area contributed by atoms with Crippen LogP contribution in [0.3, 0.4) is 0 Å². The van der Waals surface area contributed by atoms with Crippen molar-refractivity contribution in [2.75, 3.05) is 20.2 Å². The molecule has 1 aliphatic rings. The molecule has 2 aromatic heterocycles. The number of ether oxygens (including phenoxy) is 1. The molecule has 4 rings (SSSR count). The molecule has 160 valence electrons. The van der Waals surface area contributed by atoms with Crippen LogP contribution in [-0.2, 0) is 30.7 Å². The first-order valence-electron chi connectivity index (χ1n) is 10.6. The van der Waals surface area contributed by atoms with E-state index < -0.39 is 0 Å². The number of aliphatic imine (C=N–C) groups is 1. The molecule has 9 nitrogen and oxygen atoms in total. The normalized spacial score (nSPS) is 16.6. The van der Waals surface area contributed by atoms with Crippen LogP contribution >= 0.6 is 0 Å². The van der Waals surface area contributed by atoms with Gasteiger partial charge in [0.15, 0.2) is 11.8 Å². The first kappa shape index (κ1) is 20.3. The summed E-state index contributed by atoms with van der Waals surface area (Å²) in [5.41, 5.74) is 2.11. The monoisotopic (exact) mass is 410 g/mol. The van der Waals surface area contributed by atoms with Gasteiger partial charge in [-0.2, -0.15) is 5.10 Å². The van der Waals surface area contributed by atoms with Crippen molar-refractivity contribution < 1.29 is 4.74 Å². The van der Waals surface area contributed by atoms with Gasteiger partial charge in [0.25, 0.3) is 0 Å². The second-order valence-electron chi connectivity index (χ2n) is 7.50. The molecule has 9 heteroatoms. The number of guanidine groups is 1. The van der Waals surface area contributed by atoms with Crippen LogP contribution in [0.2, 0.25) is 0 Å². The first-order valence-corrected chi connectivity index (χ1v) is 10.6. The van der Waals surface area contributed by atoms with Gasteiger partial charge in [0, 0.05) is 39.1 Å². The number of para-hydroxylation sites is 2. The Morgan fingerprint density at radius 3 is 3.07 bits per heavy atom. The lowest BCUT2D eigenvalue weighted by molar-refractivity contribution is 0.177. The average molecular weight is 411 g/mol. The van der Waals surface area contributed by atoms with E-state index >= 15 is 0 Å². The molecule has 1 unspecified atom stereocenters. The van der Waals surface area contributed by atoms with Crippen molar-refractivity contribution in [3.8, 4) is 0 Å². The van der Waals surface area contributed by atoms with Crippen LogP contribution in [-0.4, -0.2) is 56.9 Å². The summed E-state index contributed by atoms with van der Waals surface area (Å²) < 4.78 is 7.13. The first-order chi connectivity index (χ1) is 14.7. The number of H-pyrrole nitrogens is 1. The third kappa shape index (κ3) is 4.96. The summed E-state index contributed by atoms with van der Waals surface area (Å²) in [6.45, 7) is 4.89. The maximum Gasteiger partial charge on any atom is 0.191 e. The molecule has 3 aromatic rings. The molecule has 1 aromatic carbocycles. The summed E-state index contributed by atoms with van der Waals surface area (Å²) in [7, 11) is 1.66. The van der Waals surface area contributed by atoms with Gasteiger partial charge in [0.05, 0.1) is 17.6 Å². The molecular weight excluding hydrogens is 380 g/mol. The summed E-state index contributed by atoms with van der Waals surface area (Å²) in [4.78, 5) is 17.3. The Kier molecular flexibility index (Phi) is 6.58. The molecule has 0 radical (unpaired) electrons. The van der Waals surface area contributed by atoms with Gasteiger partial charge in [0.1, 0.15) is 18.3 Å². The maximum atomic E-state index is 5.14. The molecule has 1 atom stereocenters. The van der Waals surface area contributed by atoms with E-state index in [1.165, 1.54) is 0 Å². The number of nitrogens with zero attached hydrogens (tertiary/aromatic N) is 5. The van der Waals surface area contributed by atoms with E-state index in [1.54, 1.807) is 7.11 Å². The van der Waals surface area contributed by atoms with E-state index in [-0.39, 0.29) is 6.04 Å². The summed E-state index contributed by atoms with van der Waals surface area (Å²) in [6.07, 6.45) is 3.73. The number of aromatic nitrogens is 5. The number of hydrogen-bond acceptors (Lipinski definition) is 5. The zero-order valence-electron chi connectivity index (χ0n) is 17.7. The van der Waals surface area contributed by atoms with E-state index in [1.807, 2.05) is 22.9 Å². The number of aromatic amines is 1. The summed E-state index contributed by atoms with van der Waals surface area (Å²) >= 11 is 0. The lowest BCUT2D eigenvalue weighted by Gasteiger charge is -2.25. The van der Waals surface area contributed by atoms with Crippen LogP contribution in [0, 0.1) is 0 Å². The van der Waals surface area contributed by atoms with Gasteiger partial charge in [-0.05, 0) is 31.9 Å². The quantitative estimate of drug-likeness (QED) is 0.297. The molecule has 3 N–H and O–H groups in total. The Balaban J connectivity index is 1.30. The maximum absolute atomic E-state index is 5.14. The number of nitrogens with one attached hydrogen (secondary N) is 3. The zero-order valence-corrected chi connectivity index (χ0v) is 17.7. The summed E-state index contributed by atoms with van der Waals surface area (Å²) in [5, 5.41) is 11.4. The molecule has 30 heavy (non-hydrogen) atoms. The van der Waals surface area contributed by atoms with Gasteiger partial charge in [-0.1, -0.05) is 12.1 Å². The largest absolute Gasteiger partial charge is 0.377 e. The molecular formula is C21H30N8O. The third-order valence-electron chi connectivity index (χ3n) is 5.14. The van der Waals surface area contributed by atoms with Gasteiger partial charge in [0.2, 0.25) is 0 Å². The highest BCUT2D eigenvalue weighted by Gasteiger charge is 2.22. The topological polar surface area (TPSA) is 105 Å². The number of fused-ring (bicyclic) bond motifs is 2.